The molecular formula is C12H18BNO4. The maximum atomic E-state index is 11.5. The highest BCUT2D eigenvalue weighted by molar-refractivity contribution is 6.59. The van der Waals surface area contributed by atoms with Crippen molar-refractivity contribution in [2.75, 3.05) is 5.32 Å². The van der Waals surface area contributed by atoms with Gasteiger partial charge < -0.3 is 14.8 Å². The van der Waals surface area contributed by atoms with Gasteiger partial charge in [-0.3, -0.25) is 5.32 Å². The molecule has 1 rings (SSSR count). The topological polar surface area (TPSA) is 78.8 Å². The first-order chi connectivity index (χ1) is 8.19. The Bertz CT molecular complexity index is 440. The maximum Gasteiger partial charge on any atom is 0.488 e. The lowest BCUT2D eigenvalue weighted by Gasteiger charge is -2.20. The van der Waals surface area contributed by atoms with Crippen molar-refractivity contribution < 1.29 is 19.6 Å². The van der Waals surface area contributed by atoms with Crippen LogP contribution in [0.15, 0.2) is 18.2 Å². The van der Waals surface area contributed by atoms with E-state index in [9.17, 15) is 4.79 Å². The van der Waals surface area contributed by atoms with Crippen LogP contribution >= 0.6 is 0 Å². The van der Waals surface area contributed by atoms with E-state index >= 15 is 0 Å². The Morgan fingerprint density at radius 3 is 2.44 bits per heavy atom. The molecule has 98 valence electrons. The number of hydrogen-bond acceptors (Lipinski definition) is 4. The number of carbonyl (C=O) groups excluding carboxylic acids is 1. The van der Waals surface area contributed by atoms with Crippen LogP contribution in [0.4, 0.5) is 10.5 Å². The molecule has 0 saturated carbocycles. The smallest absolute Gasteiger partial charge is 0.444 e. The molecule has 0 aromatic heterocycles. The summed E-state index contributed by atoms with van der Waals surface area (Å²) in [4.78, 5) is 11.5. The van der Waals surface area contributed by atoms with Crippen LogP contribution in [0.3, 0.4) is 0 Å². The number of benzene rings is 1. The second-order valence-electron chi connectivity index (χ2n) is 5.07. The predicted molar refractivity (Wildman–Crippen MR) is 70.9 cm³/mol. The van der Waals surface area contributed by atoms with E-state index in [1.807, 2.05) is 0 Å². The van der Waals surface area contributed by atoms with Crippen LogP contribution in [0.25, 0.3) is 0 Å². The third kappa shape index (κ3) is 4.39. The molecule has 0 aliphatic heterocycles. The molecular weight excluding hydrogens is 233 g/mol. The molecule has 0 unspecified atom stereocenters. The summed E-state index contributed by atoms with van der Waals surface area (Å²) in [5.74, 6) is 0. The molecule has 0 fully saturated rings. The van der Waals surface area contributed by atoms with Crippen LogP contribution in [-0.4, -0.2) is 28.9 Å². The molecule has 0 saturated heterocycles. The highest BCUT2D eigenvalue weighted by atomic mass is 16.6. The number of anilines is 1. The number of carbonyl (C=O) groups is 1. The van der Waals surface area contributed by atoms with E-state index in [1.54, 1.807) is 39.8 Å². The molecule has 6 heteroatoms. The van der Waals surface area contributed by atoms with Crippen molar-refractivity contribution in [1.29, 1.82) is 0 Å². The van der Waals surface area contributed by atoms with Gasteiger partial charge in [-0.1, -0.05) is 11.6 Å². The lowest BCUT2D eigenvalue weighted by Crippen LogP contribution is -2.33. The van der Waals surface area contributed by atoms with Crippen molar-refractivity contribution in [3.63, 3.8) is 0 Å². The molecule has 0 aliphatic carbocycles. The highest BCUT2D eigenvalue weighted by Gasteiger charge is 2.18. The quantitative estimate of drug-likeness (QED) is 0.686. The normalized spacial score (nSPS) is 11.0. The number of amides is 1. The Morgan fingerprint density at radius 2 is 1.94 bits per heavy atom. The van der Waals surface area contributed by atoms with Gasteiger partial charge >= 0.3 is 13.2 Å². The van der Waals surface area contributed by atoms with Gasteiger partial charge in [0.1, 0.15) is 5.60 Å². The molecule has 0 spiro atoms. The highest BCUT2D eigenvalue weighted by Crippen LogP contribution is 2.11. The van der Waals surface area contributed by atoms with Gasteiger partial charge in [-0.15, -0.1) is 0 Å². The average molecular weight is 251 g/mol. The van der Waals surface area contributed by atoms with Crippen molar-refractivity contribution in [2.24, 2.45) is 0 Å². The van der Waals surface area contributed by atoms with E-state index in [0.29, 0.717) is 11.2 Å². The van der Waals surface area contributed by atoms with E-state index < -0.39 is 18.8 Å². The van der Waals surface area contributed by atoms with E-state index in [1.165, 1.54) is 6.07 Å². The Labute approximate surface area is 107 Å². The molecule has 18 heavy (non-hydrogen) atoms. The first kappa shape index (κ1) is 14.5. The molecule has 0 radical (unpaired) electrons. The lowest BCUT2D eigenvalue weighted by atomic mass is 9.77. The molecule has 0 atom stereocenters. The zero-order valence-electron chi connectivity index (χ0n) is 11.0. The number of rotatable bonds is 2. The van der Waals surface area contributed by atoms with Crippen LogP contribution in [0, 0.1) is 6.92 Å². The monoisotopic (exact) mass is 251 g/mol. The summed E-state index contributed by atoms with van der Waals surface area (Å²) in [6.07, 6.45) is -0.579. The average Bonchev–Trinajstić information content (AvgIpc) is 2.17. The second-order valence-corrected chi connectivity index (χ2v) is 5.07. The Hall–Kier alpha value is -1.53. The molecule has 5 nitrogen and oxygen atoms in total. The molecule has 1 aromatic rings. The van der Waals surface area contributed by atoms with Gasteiger partial charge in [-0.05, 0) is 45.3 Å². The Morgan fingerprint density at radius 1 is 1.33 bits per heavy atom. The zero-order valence-corrected chi connectivity index (χ0v) is 11.0. The van der Waals surface area contributed by atoms with E-state index in [-0.39, 0.29) is 0 Å². The standard InChI is InChI=1S/C12H18BNO4/c1-8-5-6-9(7-10(8)13(16)17)14-11(15)18-12(2,3)4/h5-7,16-17H,1-4H3,(H,14,15). The van der Waals surface area contributed by atoms with Gasteiger partial charge in [0.2, 0.25) is 0 Å². The molecule has 1 amide bonds. The number of nitrogens with one attached hydrogen (secondary N) is 1. The lowest BCUT2D eigenvalue weighted by molar-refractivity contribution is 0.0636. The largest absolute Gasteiger partial charge is 0.488 e. The fourth-order valence-corrected chi connectivity index (χ4v) is 1.42. The summed E-state index contributed by atoms with van der Waals surface area (Å²) < 4.78 is 5.10. The molecule has 3 N–H and O–H groups in total. The molecule has 1 aromatic carbocycles. The first-order valence-corrected chi connectivity index (χ1v) is 5.66. The molecule has 0 aliphatic rings. The van der Waals surface area contributed by atoms with E-state index in [2.05, 4.69) is 5.32 Å². The summed E-state index contributed by atoms with van der Waals surface area (Å²) in [6, 6.07) is 4.87. The fraction of sp³-hybridized carbons (Fsp3) is 0.417. The number of ether oxygens (including phenoxy) is 1. The zero-order chi connectivity index (χ0) is 13.9. The van der Waals surface area contributed by atoms with Gasteiger partial charge in [0, 0.05) is 5.69 Å². The van der Waals surface area contributed by atoms with Crippen molar-refractivity contribution in [2.45, 2.75) is 33.3 Å². The molecule has 0 heterocycles. The maximum absolute atomic E-state index is 11.5. The van der Waals surface area contributed by atoms with Gasteiger partial charge in [-0.25, -0.2) is 4.79 Å². The van der Waals surface area contributed by atoms with Crippen LogP contribution in [0.2, 0.25) is 0 Å². The molecule has 0 bridgehead atoms. The van der Waals surface area contributed by atoms with Crippen molar-refractivity contribution in [3.8, 4) is 0 Å². The minimum atomic E-state index is -1.56. The van der Waals surface area contributed by atoms with Crippen LogP contribution < -0.4 is 10.8 Å². The van der Waals surface area contributed by atoms with E-state index in [0.717, 1.165) is 5.56 Å². The van der Waals surface area contributed by atoms with Crippen molar-refractivity contribution in [3.05, 3.63) is 23.8 Å². The fourth-order valence-electron chi connectivity index (χ4n) is 1.42. The Balaban J connectivity index is 2.80. The van der Waals surface area contributed by atoms with Gasteiger partial charge in [-0.2, -0.15) is 0 Å². The predicted octanol–water partition coefficient (Wildman–Crippen LogP) is 1.02. The van der Waals surface area contributed by atoms with Crippen LogP contribution in [0.5, 0.6) is 0 Å². The van der Waals surface area contributed by atoms with Crippen LogP contribution in [-0.2, 0) is 4.74 Å². The minimum Gasteiger partial charge on any atom is -0.444 e. The van der Waals surface area contributed by atoms with Crippen molar-refractivity contribution >= 4 is 24.4 Å². The van der Waals surface area contributed by atoms with Crippen LogP contribution in [0.1, 0.15) is 26.3 Å². The number of aryl methyl sites for hydroxylation is 1. The van der Waals surface area contributed by atoms with Gasteiger partial charge in [0.25, 0.3) is 0 Å². The third-order valence-electron chi connectivity index (χ3n) is 2.20. The SMILES string of the molecule is Cc1ccc(NC(=O)OC(C)(C)C)cc1B(O)O. The Kier molecular flexibility index (Phi) is 4.37. The number of hydrogen-bond donors (Lipinski definition) is 3. The summed E-state index contributed by atoms with van der Waals surface area (Å²) in [5.41, 5.74) is 0.968. The first-order valence-electron chi connectivity index (χ1n) is 5.66. The van der Waals surface area contributed by atoms with E-state index in [4.69, 9.17) is 14.8 Å². The summed E-state index contributed by atoms with van der Waals surface area (Å²) in [5, 5.41) is 20.9. The summed E-state index contributed by atoms with van der Waals surface area (Å²) in [7, 11) is -1.56. The summed E-state index contributed by atoms with van der Waals surface area (Å²) in [6.45, 7) is 7.06. The van der Waals surface area contributed by atoms with Gasteiger partial charge in [0.15, 0.2) is 0 Å². The third-order valence-corrected chi connectivity index (χ3v) is 2.20. The summed E-state index contributed by atoms with van der Waals surface area (Å²) >= 11 is 0. The second kappa shape index (κ2) is 5.41. The van der Waals surface area contributed by atoms with Crippen molar-refractivity contribution in [1.82, 2.24) is 0 Å². The minimum absolute atomic E-state index is 0.351. The van der Waals surface area contributed by atoms with Gasteiger partial charge in [0.05, 0.1) is 0 Å².